The highest BCUT2D eigenvalue weighted by Gasteiger charge is 2.36. The van der Waals surface area contributed by atoms with Gasteiger partial charge in [0.25, 0.3) is 5.91 Å². The van der Waals surface area contributed by atoms with Gasteiger partial charge in [-0.25, -0.2) is 4.98 Å². The maximum absolute atomic E-state index is 12.2. The van der Waals surface area contributed by atoms with E-state index < -0.39 is 0 Å². The third-order valence-corrected chi connectivity index (χ3v) is 5.21. The van der Waals surface area contributed by atoms with Crippen LogP contribution in [0.5, 0.6) is 0 Å². The standard InChI is InChI=1S/C14H21N3OS/c1-3-11-7-10(8-12(15)17-11)13(18)16-9-14(19-2)5-4-6-14/h7-8H,3-6,9H2,1-2H3,(H2,15,17)(H,16,18). The number of nitrogens with two attached hydrogens (primary N) is 1. The van der Waals surface area contributed by atoms with Gasteiger partial charge in [0.05, 0.1) is 0 Å². The van der Waals surface area contributed by atoms with Crippen molar-refractivity contribution in [3.05, 3.63) is 23.4 Å². The zero-order valence-electron chi connectivity index (χ0n) is 11.5. The van der Waals surface area contributed by atoms with Crippen LogP contribution in [0, 0.1) is 0 Å². The van der Waals surface area contributed by atoms with E-state index >= 15 is 0 Å². The lowest BCUT2D eigenvalue weighted by Crippen LogP contribution is -2.45. The first-order chi connectivity index (χ1) is 9.08. The summed E-state index contributed by atoms with van der Waals surface area (Å²) in [6.45, 7) is 2.73. The van der Waals surface area contributed by atoms with Gasteiger partial charge in [-0.3, -0.25) is 4.79 Å². The molecule has 0 radical (unpaired) electrons. The fourth-order valence-corrected chi connectivity index (χ4v) is 3.20. The Morgan fingerprint density at radius 3 is 2.79 bits per heavy atom. The SMILES string of the molecule is CCc1cc(C(=O)NCC2(SC)CCC2)cc(N)n1. The van der Waals surface area contributed by atoms with E-state index in [1.807, 2.05) is 24.8 Å². The van der Waals surface area contributed by atoms with E-state index in [1.165, 1.54) is 19.3 Å². The second-order valence-corrected chi connectivity index (χ2v) is 6.32. The molecule has 2 rings (SSSR count). The molecule has 1 aliphatic carbocycles. The number of hydrogen-bond acceptors (Lipinski definition) is 4. The van der Waals surface area contributed by atoms with E-state index in [9.17, 15) is 4.79 Å². The molecule has 4 nitrogen and oxygen atoms in total. The first-order valence-electron chi connectivity index (χ1n) is 6.68. The van der Waals surface area contributed by atoms with Gasteiger partial charge in [0, 0.05) is 22.5 Å². The van der Waals surface area contributed by atoms with E-state index in [2.05, 4.69) is 16.6 Å². The molecule has 0 saturated heterocycles. The minimum atomic E-state index is -0.0517. The van der Waals surface area contributed by atoms with E-state index in [0.29, 0.717) is 11.4 Å². The lowest BCUT2D eigenvalue weighted by molar-refractivity contribution is 0.0943. The number of pyridine rings is 1. The van der Waals surface area contributed by atoms with Gasteiger partial charge in [-0.15, -0.1) is 0 Å². The Balaban J connectivity index is 2.01. The summed E-state index contributed by atoms with van der Waals surface area (Å²) in [5, 5.41) is 3.03. The van der Waals surface area contributed by atoms with E-state index in [0.717, 1.165) is 18.7 Å². The molecule has 3 N–H and O–H groups in total. The van der Waals surface area contributed by atoms with Crippen LogP contribution in [-0.2, 0) is 6.42 Å². The van der Waals surface area contributed by atoms with Crippen molar-refractivity contribution in [2.45, 2.75) is 37.4 Å². The lowest BCUT2D eigenvalue weighted by atomic mass is 9.84. The van der Waals surface area contributed by atoms with Crippen LogP contribution in [0.3, 0.4) is 0 Å². The molecule has 0 atom stereocenters. The van der Waals surface area contributed by atoms with Crippen molar-refractivity contribution in [2.75, 3.05) is 18.5 Å². The first kappa shape index (κ1) is 14.2. The van der Waals surface area contributed by atoms with Crippen LogP contribution in [0.2, 0.25) is 0 Å². The average Bonchev–Trinajstić information content (AvgIpc) is 2.37. The second-order valence-electron chi connectivity index (χ2n) is 5.05. The number of aryl methyl sites for hydroxylation is 1. The van der Waals surface area contributed by atoms with Gasteiger partial charge in [0.15, 0.2) is 0 Å². The van der Waals surface area contributed by atoms with Gasteiger partial charge in [-0.1, -0.05) is 13.3 Å². The van der Waals surface area contributed by atoms with Crippen LogP contribution in [-0.4, -0.2) is 28.4 Å². The van der Waals surface area contributed by atoms with Crippen LogP contribution in [0.25, 0.3) is 0 Å². The molecule has 1 fully saturated rings. The van der Waals surface area contributed by atoms with Gasteiger partial charge in [-0.05, 0) is 37.7 Å². The molecule has 0 spiro atoms. The number of carbonyl (C=O) groups excluding carboxylic acids is 1. The summed E-state index contributed by atoms with van der Waals surface area (Å²) >= 11 is 1.86. The quantitative estimate of drug-likeness (QED) is 0.867. The maximum atomic E-state index is 12.2. The smallest absolute Gasteiger partial charge is 0.251 e. The number of nitrogens with zero attached hydrogens (tertiary/aromatic N) is 1. The minimum absolute atomic E-state index is 0.0517. The Morgan fingerprint density at radius 2 is 2.26 bits per heavy atom. The highest BCUT2D eigenvalue weighted by Crippen LogP contribution is 2.42. The van der Waals surface area contributed by atoms with Crippen LogP contribution >= 0.6 is 11.8 Å². The third kappa shape index (κ3) is 3.21. The van der Waals surface area contributed by atoms with Crippen molar-refractivity contribution in [1.29, 1.82) is 0 Å². The Labute approximate surface area is 118 Å². The van der Waals surface area contributed by atoms with E-state index in [4.69, 9.17) is 5.73 Å². The van der Waals surface area contributed by atoms with Crippen molar-refractivity contribution in [2.24, 2.45) is 0 Å². The Kier molecular flexibility index (Phi) is 4.34. The monoisotopic (exact) mass is 279 g/mol. The number of amides is 1. The third-order valence-electron chi connectivity index (χ3n) is 3.79. The number of aromatic nitrogens is 1. The number of rotatable bonds is 5. The number of anilines is 1. The van der Waals surface area contributed by atoms with Crippen molar-refractivity contribution in [3.8, 4) is 0 Å². The average molecular weight is 279 g/mol. The fourth-order valence-electron chi connectivity index (χ4n) is 2.29. The highest BCUT2D eigenvalue weighted by atomic mass is 32.2. The highest BCUT2D eigenvalue weighted by molar-refractivity contribution is 8.00. The zero-order valence-corrected chi connectivity index (χ0v) is 12.3. The molecule has 0 aromatic carbocycles. The van der Waals surface area contributed by atoms with Gasteiger partial charge < -0.3 is 11.1 Å². The zero-order chi connectivity index (χ0) is 13.9. The Bertz CT molecular complexity index is 466. The molecule has 1 aliphatic rings. The van der Waals surface area contributed by atoms with Gasteiger partial charge in [-0.2, -0.15) is 11.8 Å². The Morgan fingerprint density at radius 1 is 1.53 bits per heavy atom. The Hall–Kier alpha value is -1.23. The molecule has 0 aliphatic heterocycles. The summed E-state index contributed by atoms with van der Waals surface area (Å²) in [5.41, 5.74) is 7.19. The van der Waals surface area contributed by atoms with Crippen LogP contribution in [0.15, 0.2) is 12.1 Å². The van der Waals surface area contributed by atoms with E-state index in [1.54, 1.807) is 6.07 Å². The molecule has 1 saturated carbocycles. The number of nitrogen functional groups attached to an aromatic ring is 1. The van der Waals surface area contributed by atoms with Crippen molar-refractivity contribution in [3.63, 3.8) is 0 Å². The molecule has 1 heterocycles. The minimum Gasteiger partial charge on any atom is -0.384 e. The molecular formula is C14H21N3OS. The van der Waals surface area contributed by atoms with Gasteiger partial charge in [0.1, 0.15) is 5.82 Å². The largest absolute Gasteiger partial charge is 0.384 e. The number of nitrogens with one attached hydrogen (secondary N) is 1. The number of carbonyl (C=O) groups is 1. The second kappa shape index (κ2) is 5.82. The predicted molar refractivity (Wildman–Crippen MR) is 80.5 cm³/mol. The molecule has 1 amide bonds. The van der Waals surface area contributed by atoms with Crippen molar-refractivity contribution < 1.29 is 4.79 Å². The summed E-state index contributed by atoms with van der Waals surface area (Å²) < 4.78 is 0.252. The normalized spacial score (nSPS) is 16.7. The van der Waals surface area contributed by atoms with Crippen LogP contribution in [0.1, 0.15) is 42.2 Å². The van der Waals surface area contributed by atoms with Crippen LogP contribution < -0.4 is 11.1 Å². The predicted octanol–water partition coefficient (Wildman–Crippen LogP) is 2.24. The molecule has 0 bridgehead atoms. The molecule has 1 aromatic rings. The summed E-state index contributed by atoms with van der Waals surface area (Å²) in [5.74, 6) is 0.358. The molecule has 104 valence electrons. The van der Waals surface area contributed by atoms with Gasteiger partial charge >= 0.3 is 0 Å². The molecule has 5 heteroatoms. The fraction of sp³-hybridized carbons (Fsp3) is 0.571. The molecule has 19 heavy (non-hydrogen) atoms. The molecular weight excluding hydrogens is 258 g/mol. The first-order valence-corrected chi connectivity index (χ1v) is 7.91. The topological polar surface area (TPSA) is 68.0 Å². The van der Waals surface area contributed by atoms with E-state index in [-0.39, 0.29) is 10.7 Å². The van der Waals surface area contributed by atoms with Crippen molar-refractivity contribution in [1.82, 2.24) is 10.3 Å². The van der Waals surface area contributed by atoms with Crippen LogP contribution in [0.4, 0.5) is 5.82 Å². The summed E-state index contributed by atoms with van der Waals surface area (Å²) in [6, 6.07) is 3.46. The summed E-state index contributed by atoms with van der Waals surface area (Å²) in [4.78, 5) is 16.3. The lowest BCUT2D eigenvalue weighted by Gasteiger charge is -2.40. The van der Waals surface area contributed by atoms with Crippen molar-refractivity contribution >= 4 is 23.5 Å². The summed E-state index contributed by atoms with van der Waals surface area (Å²) in [7, 11) is 0. The summed E-state index contributed by atoms with van der Waals surface area (Å²) in [6.07, 6.45) is 6.53. The molecule has 1 aromatic heterocycles. The number of thioether (sulfide) groups is 1. The van der Waals surface area contributed by atoms with Gasteiger partial charge in [0.2, 0.25) is 0 Å². The maximum Gasteiger partial charge on any atom is 0.251 e. The molecule has 0 unspecified atom stereocenters. The number of hydrogen-bond donors (Lipinski definition) is 2.